The molecule has 7 heteroatoms. The van der Waals surface area contributed by atoms with Gasteiger partial charge in [-0.15, -0.1) is 0 Å². The normalized spacial score (nSPS) is 17.1. The molecule has 142 valence electrons. The number of rotatable bonds is 9. The molecule has 2 fully saturated rings. The van der Waals surface area contributed by atoms with Crippen molar-refractivity contribution >= 4 is 11.8 Å². The fourth-order valence-electron chi connectivity index (χ4n) is 1.75. The molecule has 2 rings (SSSR count). The van der Waals surface area contributed by atoms with Gasteiger partial charge in [0.15, 0.2) is 0 Å². The van der Waals surface area contributed by atoms with Gasteiger partial charge < -0.3 is 19.6 Å². The van der Waals surface area contributed by atoms with E-state index in [1.54, 1.807) is 19.8 Å². The molecule has 10 radical (unpaired) electrons. The SMILES string of the molecule is CCO/C(C)=N\OCCOCCNC(=O)[C]1[CH][CH][CH][CH]1.[CH]1[CH][CH][CH][CH]1.[Fe+2]. The van der Waals surface area contributed by atoms with Crippen LogP contribution in [0.5, 0.6) is 0 Å². The van der Waals surface area contributed by atoms with E-state index in [1.807, 2.05) is 51.9 Å². The third kappa shape index (κ3) is 13.4. The molecule has 0 aromatic carbocycles. The Labute approximate surface area is 169 Å². The van der Waals surface area contributed by atoms with Crippen LogP contribution in [0.15, 0.2) is 5.16 Å². The number of nitrogens with one attached hydrogen (secondary N) is 1. The predicted molar refractivity (Wildman–Crippen MR) is 96.5 cm³/mol. The molecule has 0 spiro atoms. The van der Waals surface area contributed by atoms with Crippen LogP contribution in [0.1, 0.15) is 13.8 Å². The Kier molecular flexibility index (Phi) is 17.1. The number of hydrogen-bond acceptors (Lipinski definition) is 5. The molecule has 0 atom stereocenters. The molecule has 0 aliphatic heterocycles. The summed E-state index contributed by atoms with van der Waals surface area (Å²) in [5.41, 5.74) is 0. The average molecular weight is 402 g/mol. The summed E-state index contributed by atoms with van der Waals surface area (Å²) in [6.45, 7) is 5.83. The van der Waals surface area contributed by atoms with E-state index >= 15 is 0 Å². The molecule has 0 saturated heterocycles. The number of carbonyl (C=O) groups excluding carboxylic acids is 1. The minimum absolute atomic E-state index is 0. The van der Waals surface area contributed by atoms with E-state index in [-0.39, 0.29) is 23.0 Å². The Hall–Kier alpha value is -0.781. The van der Waals surface area contributed by atoms with Gasteiger partial charge in [-0.05, 0) is 64.7 Å². The van der Waals surface area contributed by atoms with Gasteiger partial charge >= 0.3 is 17.1 Å². The summed E-state index contributed by atoms with van der Waals surface area (Å²) in [4.78, 5) is 16.5. The van der Waals surface area contributed by atoms with Crippen LogP contribution in [0.3, 0.4) is 0 Å². The maximum atomic E-state index is 11.6. The summed E-state index contributed by atoms with van der Waals surface area (Å²) in [6, 6.07) is 0. The number of amides is 1. The maximum absolute atomic E-state index is 11.6. The van der Waals surface area contributed by atoms with Crippen LogP contribution in [0.4, 0.5) is 0 Å². The molecule has 1 N–H and O–H groups in total. The van der Waals surface area contributed by atoms with Crippen molar-refractivity contribution in [2.45, 2.75) is 13.8 Å². The van der Waals surface area contributed by atoms with Crippen molar-refractivity contribution in [3.8, 4) is 0 Å². The molecule has 2 saturated carbocycles. The van der Waals surface area contributed by atoms with Gasteiger partial charge in [0.05, 0.1) is 25.7 Å². The van der Waals surface area contributed by atoms with Crippen LogP contribution in [-0.2, 0) is 36.2 Å². The predicted octanol–water partition coefficient (Wildman–Crippen LogP) is 1.93. The van der Waals surface area contributed by atoms with E-state index in [9.17, 15) is 4.79 Å². The van der Waals surface area contributed by atoms with Gasteiger partial charge in [0.2, 0.25) is 11.8 Å². The number of nitrogens with zero attached hydrogens (tertiary/aromatic N) is 1. The number of hydrogen-bond donors (Lipinski definition) is 1. The van der Waals surface area contributed by atoms with E-state index in [2.05, 4.69) is 10.5 Å². The van der Waals surface area contributed by atoms with Gasteiger partial charge in [-0.1, -0.05) is 5.16 Å². The molecule has 0 heterocycles. The summed E-state index contributed by atoms with van der Waals surface area (Å²) in [5.74, 6) is 1.07. The molecule has 0 aromatic heterocycles. The molecular weight excluding hydrogens is 376 g/mol. The Bertz CT molecular complexity index is 363. The van der Waals surface area contributed by atoms with Crippen LogP contribution in [-0.4, -0.2) is 44.8 Å². The van der Waals surface area contributed by atoms with Crippen molar-refractivity contribution in [2.75, 3.05) is 33.0 Å². The second-order valence-electron chi connectivity index (χ2n) is 4.88. The summed E-state index contributed by atoms with van der Waals surface area (Å²) in [5, 5.41) is 6.50. The molecule has 6 nitrogen and oxygen atoms in total. The first-order valence-corrected chi connectivity index (χ1v) is 8.27. The number of carbonyl (C=O) groups is 1. The molecule has 2 aliphatic carbocycles. The Morgan fingerprint density at radius 2 is 1.62 bits per heavy atom. The number of oxime groups is 1. The van der Waals surface area contributed by atoms with Crippen molar-refractivity contribution in [1.82, 2.24) is 5.32 Å². The Morgan fingerprint density at radius 1 is 1.00 bits per heavy atom. The molecule has 26 heavy (non-hydrogen) atoms. The second-order valence-corrected chi connectivity index (χ2v) is 4.88. The van der Waals surface area contributed by atoms with E-state index in [0.717, 1.165) is 0 Å². The number of ether oxygens (including phenoxy) is 2. The van der Waals surface area contributed by atoms with Crippen LogP contribution in [0.25, 0.3) is 0 Å². The van der Waals surface area contributed by atoms with Gasteiger partial charge in [0, 0.05) is 13.5 Å². The topological polar surface area (TPSA) is 69.2 Å². The monoisotopic (exact) mass is 402 g/mol. The quantitative estimate of drug-likeness (QED) is 0.210. The van der Waals surface area contributed by atoms with Crippen LogP contribution >= 0.6 is 0 Å². The molecule has 0 unspecified atom stereocenters. The van der Waals surface area contributed by atoms with Crippen LogP contribution in [0.2, 0.25) is 0 Å². The van der Waals surface area contributed by atoms with Crippen LogP contribution < -0.4 is 5.32 Å². The molecule has 1 amide bonds. The zero-order valence-electron chi connectivity index (χ0n) is 15.2. The van der Waals surface area contributed by atoms with Gasteiger partial charge in [-0.25, -0.2) is 0 Å². The fraction of sp³-hybridized carbons (Fsp3) is 0.368. The first kappa shape index (κ1) is 25.2. The smallest absolute Gasteiger partial charge is 0.479 e. The van der Waals surface area contributed by atoms with Crippen molar-refractivity contribution in [3.05, 3.63) is 63.7 Å². The van der Waals surface area contributed by atoms with E-state index < -0.39 is 0 Å². The Morgan fingerprint density at radius 3 is 2.19 bits per heavy atom. The first-order chi connectivity index (χ1) is 12.2. The average Bonchev–Trinajstić information content (AvgIpc) is 3.33. The van der Waals surface area contributed by atoms with Gasteiger partial charge in [-0.2, -0.15) is 0 Å². The molecule has 0 bridgehead atoms. The second kappa shape index (κ2) is 17.6. The summed E-state index contributed by atoms with van der Waals surface area (Å²) >= 11 is 0. The van der Waals surface area contributed by atoms with Crippen molar-refractivity contribution in [2.24, 2.45) is 5.16 Å². The summed E-state index contributed by atoms with van der Waals surface area (Å²) in [7, 11) is 0. The minimum atomic E-state index is -0.0909. The largest absolute Gasteiger partial charge is 2.00 e. The maximum Gasteiger partial charge on any atom is 2.00 e. The minimum Gasteiger partial charge on any atom is -0.479 e. The van der Waals surface area contributed by atoms with Crippen LogP contribution in [0, 0.1) is 63.7 Å². The van der Waals surface area contributed by atoms with Gasteiger partial charge in [-0.3, -0.25) is 4.79 Å². The third-order valence-corrected chi connectivity index (χ3v) is 2.88. The fourth-order valence-corrected chi connectivity index (χ4v) is 1.75. The molecule has 0 aromatic rings. The van der Waals surface area contributed by atoms with Gasteiger partial charge in [0.25, 0.3) is 0 Å². The summed E-state index contributed by atoms with van der Waals surface area (Å²) in [6.07, 6.45) is 17.2. The van der Waals surface area contributed by atoms with Crippen molar-refractivity contribution in [3.63, 3.8) is 0 Å². The van der Waals surface area contributed by atoms with E-state index in [0.29, 0.717) is 44.8 Å². The zero-order valence-corrected chi connectivity index (χ0v) is 16.3. The molecule has 2 aliphatic rings. The first-order valence-electron chi connectivity index (χ1n) is 8.27. The summed E-state index contributed by atoms with van der Waals surface area (Å²) < 4.78 is 10.4. The zero-order chi connectivity index (χ0) is 18.2. The van der Waals surface area contributed by atoms with Crippen molar-refractivity contribution in [1.29, 1.82) is 0 Å². The van der Waals surface area contributed by atoms with E-state index in [4.69, 9.17) is 14.3 Å². The Balaban J connectivity index is 0.000000893. The van der Waals surface area contributed by atoms with Crippen molar-refractivity contribution < 1.29 is 36.2 Å². The third-order valence-electron chi connectivity index (χ3n) is 2.88. The van der Waals surface area contributed by atoms with E-state index in [1.165, 1.54) is 0 Å². The standard InChI is InChI=1S/C14H21N2O4.C5H5.Fe/c1-3-19-12(2)16-20-11-10-18-9-8-15-14(17)13-6-4-5-7-13;1-2-4-5-3-1;/h4-7H,3,8-11H2,1-2H3,(H,15,17);1-5H;/q;;+2/b16-12-;;. The van der Waals surface area contributed by atoms with Gasteiger partial charge in [0.1, 0.15) is 6.61 Å². The molecular formula is C19H26FeN2O4+2.